The van der Waals surface area contributed by atoms with E-state index in [2.05, 4.69) is 36.6 Å². The summed E-state index contributed by atoms with van der Waals surface area (Å²) in [5.74, 6) is -1.50. The molecular weight excluding hydrogens is 434 g/mol. The third-order valence-electron chi connectivity index (χ3n) is 2.51. The first-order valence-corrected chi connectivity index (χ1v) is 8.50. The minimum atomic E-state index is -4.18. The number of anilines is 2. The molecule has 4 nitrogen and oxygen atoms in total. The Morgan fingerprint density at radius 1 is 1.00 bits per heavy atom. The average molecular weight is 442 g/mol. The molecule has 2 aromatic carbocycles. The fraction of sp³-hybridized carbons (Fsp3) is 0. The van der Waals surface area contributed by atoms with Gasteiger partial charge in [0.25, 0.3) is 10.0 Å². The lowest BCUT2D eigenvalue weighted by molar-refractivity contribution is 0.570. The van der Waals surface area contributed by atoms with E-state index in [9.17, 15) is 17.2 Å². The van der Waals surface area contributed by atoms with Gasteiger partial charge in [-0.25, -0.2) is 17.2 Å². The fourth-order valence-electron chi connectivity index (χ4n) is 1.52. The number of rotatable bonds is 3. The highest BCUT2D eigenvalue weighted by Crippen LogP contribution is 2.28. The number of nitrogens with one attached hydrogen (secondary N) is 1. The van der Waals surface area contributed by atoms with Crippen LogP contribution in [0.2, 0.25) is 0 Å². The lowest BCUT2D eigenvalue weighted by Crippen LogP contribution is -2.15. The fourth-order valence-corrected chi connectivity index (χ4v) is 3.36. The van der Waals surface area contributed by atoms with Crippen LogP contribution >= 0.6 is 31.9 Å². The third-order valence-corrected chi connectivity index (χ3v) is 5.20. The van der Waals surface area contributed by atoms with Crippen LogP contribution in [0.15, 0.2) is 44.2 Å². The van der Waals surface area contributed by atoms with Crippen LogP contribution in [-0.4, -0.2) is 8.42 Å². The summed E-state index contributed by atoms with van der Waals surface area (Å²) in [6, 6.07) is 5.49. The molecule has 2 rings (SSSR count). The van der Waals surface area contributed by atoms with Crippen molar-refractivity contribution in [2.24, 2.45) is 0 Å². The largest absolute Gasteiger partial charge is 0.398 e. The second-order valence-corrected chi connectivity index (χ2v) is 7.40. The van der Waals surface area contributed by atoms with E-state index >= 15 is 0 Å². The van der Waals surface area contributed by atoms with Crippen molar-refractivity contribution in [1.82, 2.24) is 0 Å². The summed E-state index contributed by atoms with van der Waals surface area (Å²) in [6.07, 6.45) is 0. The highest BCUT2D eigenvalue weighted by Gasteiger charge is 2.21. The van der Waals surface area contributed by atoms with Gasteiger partial charge in [-0.05, 0) is 62.2 Å². The second kappa shape index (κ2) is 5.90. The Morgan fingerprint density at radius 2 is 1.67 bits per heavy atom. The van der Waals surface area contributed by atoms with E-state index in [1.807, 2.05) is 0 Å². The molecule has 9 heteroatoms. The number of benzene rings is 2. The number of hydrogen-bond donors (Lipinski definition) is 2. The molecule has 2 aromatic rings. The van der Waals surface area contributed by atoms with Gasteiger partial charge in [-0.2, -0.15) is 0 Å². The smallest absolute Gasteiger partial charge is 0.264 e. The minimum absolute atomic E-state index is 0.0806. The van der Waals surface area contributed by atoms with Gasteiger partial charge in [0.15, 0.2) is 0 Å². The predicted octanol–water partition coefficient (Wildman–Crippen LogP) is 3.87. The quantitative estimate of drug-likeness (QED) is 0.710. The van der Waals surface area contributed by atoms with Gasteiger partial charge < -0.3 is 5.73 Å². The first-order valence-electron chi connectivity index (χ1n) is 5.43. The molecule has 0 aliphatic heterocycles. The van der Waals surface area contributed by atoms with Crippen molar-refractivity contribution in [3.63, 3.8) is 0 Å². The van der Waals surface area contributed by atoms with Gasteiger partial charge in [-0.1, -0.05) is 0 Å². The molecule has 0 saturated heterocycles. The van der Waals surface area contributed by atoms with E-state index < -0.39 is 26.6 Å². The molecule has 0 radical (unpaired) electrons. The molecule has 0 amide bonds. The van der Waals surface area contributed by atoms with Gasteiger partial charge in [-0.3, -0.25) is 4.72 Å². The Labute approximate surface area is 136 Å². The van der Waals surface area contributed by atoms with Gasteiger partial charge in [0.05, 0.1) is 10.2 Å². The van der Waals surface area contributed by atoms with Crippen LogP contribution in [0.3, 0.4) is 0 Å². The van der Waals surface area contributed by atoms with Crippen molar-refractivity contribution in [1.29, 1.82) is 0 Å². The molecule has 0 spiro atoms. The Morgan fingerprint density at radius 3 is 2.29 bits per heavy atom. The summed E-state index contributed by atoms with van der Waals surface area (Å²) in [5, 5.41) is 0. The van der Waals surface area contributed by atoms with Gasteiger partial charge in [0.2, 0.25) is 0 Å². The zero-order chi connectivity index (χ0) is 15.8. The van der Waals surface area contributed by atoms with Crippen LogP contribution in [0.25, 0.3) is 0 Å². The highest BCUT2D eigenvalue weighted by atomic mass is 79.9. The summed E-state index contributed by atoms with van der Waals surface area (Å²) in [7, 11) is -4.18. The second-order valence-electron chi connectivity index (χ2n) is 4.04. The maximum Gasteiger partial charge on any atom is 0.264 e. The molecule has 3 N–H and O–H groups in total. The van der Waals surface area contributed by atoms with E-state index in [1.54, 1.807) is 0 Å². The monoisotopic (exact) mass is 440 g/mol. The lowest BCUT2D eigenvalue weighted by atomic mass is 10.3. The van der Waals surface area contributed by atoms with Crippen molar-refractivity contribution in [2.45, 2.75) is 4.90 Å². The summed E-state index contributed by atoms with van der Waals surface area (Å²) in [5.41, 5.74) is 5.73. The minimum Gasteiger partial charge on any atom is -0.398 e. The van der Waals surface area contributed by atoms with Crippen molar-refractivity contribution in [2.75, 3.05) is 10.5 Å². The normalized spacial score (nSPS) is 11.4. The zero-order valence-corrected chi connectivity index (χ0v) is 14.2. The van der Waals surface area contributed by atoms with Gasteiger partial charge in [0.1, 0.15) is 16.5 Å². The van der Waals surface area contributed by atoms with Crippen LogP contribution in [0.5, 0.6) is 0 Å². The topological polar surface area (TPSA) is 72.2 Å². The Kier molecular flexibility index (Phi) is 4.54. The van der Waals surface area contributed by atoms with Crippen LogP contribution < -0.4 is 10.5 Å². The van der Waals surface area contributed by atoms with Crippen molar-refractivity contribution in [3.05, 3.63) is 50.9 Å². The van der Waals surface area contributed by atoms with Crippen LogP contribution in [0.1, 0.15) is 0 Å². The Hall–Kier alpha value is -1.19. The van der Waals surface area contributed by atoms with Crippen LogP contribution in [0.4, 0.5) is 20.2 Å². The first-order chi connectivity index (χ1) is 9.70. The van der Waals surface area contributed by atoms with E-state index in [-0.39, 0.29) is 20.3 Å². The SMILES string of the molecule is Nc1cc(S(=O)(=O)Nc2ccc(F)c(Br)c2)c(F)cc1Br. The molecule has 0 aliphatic rings. The van der Waals surface area contributed by atoms with E-state index in [0.29, 0.717) is 0 Å². The standard InChI is InChI=1S/C12H8Br2F2N2O2S/c13-7-3-6(1-2-9(7)15)18-21(19,20)12-5-11(17)8(14)4-10(12)16/h1-5,18H,17H2. The molecule has 0 saturated carbocycles. The molecule has 0 unspecified atom stereocenters. The van der Waals surface area contributed by atoms with Crippen molar-refractivity contribution < 1.29 is 17.2 Å². The molecule has 0 heterocycles. The first kappa shape index (κ1) is 16.2. The van der Waals surface area contributed by atoms with Crippen LogP contribution in [0, 0.1) is 11.6 Å². The van der Waals surface area contributed by atoms with Gasteiger partial charge in [-0.15, -0.1) is 0 Å². The lowest BCUT2D eigenvalue weighted by Gasteiger charge is -2.11. The summed E-state index contributed by atoms with van der Waals surface area (Å²) < 4.78 is 53.7. The number of hydrogen-bond acceptors (Lipinski definition) is 3. The van der Waals surface area contributed by atoms with Gasteiger partial charge in [0, 0.05) is 10.2 Å². The summed E-state index contributed by atoms with van der Waals surface area (Å²) in [6.45, 7) is 0. The Bertz CT molecular complexity index is 813. The molecule has 0 aromatic heterocycles. The van der Waals surface area contributed by atoms with Gasteiger partial charge >= 0.3 is 0 Å². The molecule has 21 heavy (non-hydrogen) atoms. The summed E-state index contributed by atoms with van der Waals surface area (Å²) >= 11 is 5.94. The van der Waals surface area contributed by atoms with Crippen LogP contribution in [-0.2, 0) is 10.0 Å². The highest BCUT2D eigenvalue weighted by molar-refractivity contribution is 9.10. The molecule has 0 fully saturated rings. The zero-order valence-electron chi connectivity index (χ0n) is 10.2. The molecule has 112 valence electrons. The van der Waals surface area contributed by atoms with Crippen molar-refractivity contribution >= 4 is 53.3 Å². The molecule has 0 aliphatic carbocycles. The van der Waals surface area contributed by atoms with Crippen molar-refractivity contribution in [3.8, 4) is 0 Å². The third kappa shape index (κ3) is 3.53. The number of sulfonamides is 1. The number of nitrogens with two attached hydrogens (primary N) is 1. The Balaban J connectivity index is 2.43. The summed E-state index contributed by atoms with van der Waals surface area (Å²) in [4.78, 5) is -0.594. The predicted molar refractivity (Wildman–Crippen MR) is 83.4 cm³/mol. The molecular formula is C12H8Br2F2N2O2S. The van der Waals surface area contributed by atoms with E-state index in [4.69, 9.17) is 5.73 Å². The van der Waals surface area contributed by atoms with E-state index in [0.717, 1.165) is 18.2 Å². The number of nitrogen functional groups attached to an aromatic ring is 1. The average Bonchev–Trinajstić information content (AvgIpc) is 2.37. The molecule has 0 bridgehead atoms. The van der Waals surface area contributed by atoms with E-state index in [1.165, 1.54) is 12.1 Å². The molecule has 0 atom stereocenters. The number of halogens is 4. The maximum absolute atomic E-state index is 13.8. The maximum atomic E-state index is 13.8.